The number of hydrogen-bond donors (Lipinski definition) is 0. The Bertz CT molecular complexity index is 905. The smallest absolute Gasteiger partial charge is 0.251 e. The van der Waals surface area contributed by atoms with Crippen LogP contribution in [0.2, 0.25) is 5.02 Å². The molecule has 1 spiro atoms. The Balaban J connectivity index is 1.69. The van der Waals surface area contributed by atoms with E-state index in [1.165, 1.54) is 6.33 Å². The van der Waals surface area contributed by atoms with Gasteiger partial charge in [0.2, 0.25) is 5.91 Å². The Kier molecular flexibility index (Phi) is 5.17. The van der Waals surface area contributed by atoms with Crippen LogP contribution in [0, 0.1) is 0 Å². The van der Waals surface area contributed by atoms with Crippen LogP contribution in [0.3, 0.4) is 0 Å². The van der Waals surface area contributed by atoms with Crippen molar-refractivity contribution < 1.29 is 9.59 Å². The number of carbonyl (C=O) groups is 2. The number of hydrogen-bond acceptors (Lipinski definition) is 5. The molecule has 2 fully saturated rings. The Morgan fingerprint density at radius 3 is 2.59 bits per heavy atom. The highest BCUT2D eigenvalue weighted by molar-refractivity contribution is 6.30. The number of piperazine rings is 1. The minimum Gasteiger partial charge on any atom is -0.354 e. The van der Waals surface area contributed by atoms with Crippen LogP contribution in [0.25, 0.3) is 0 Å². The standard InChI is InChI=1S/C21H24ClN5O2/c1-15(2)26-12-19(28)27(11-16-3-5-17(22)6-4-16)21(20(26)29)8-10-25(13-21)18-7-9-23-14-24-18/h3-7,9,14-15H,8,10-13H2,1-2H3/t21-/m0/s1. The number of halogens is 1. The maximum absolute atomic E-state index is 13.6. The highest BCUT2D eigenvalue weighted by Gasteiger charge is 2.56. The van der Waals surface area contributed by atoms with Crippen molar-refractivity contribution in [3.63, 3.8) is 0 Å². The van der Waals surface area contributed by atoms with Gasteiger partial charge in [0.1, 0.15) is 24.2 Å². The number of nitrogens with zero attached hydrogens (tertiary/aromatic N) is 5. The van der Waals surface area contributed by atoms with Crippen LogP contribution in [0.1, 0.15) is 25.8 Å². The molecule has 4 rings (SSSR count). The molecule has 0 unspecified atom stereocenters. The summed E-state index contributed by atoms with van der Waals surface area (Å²) in [7, 11) is 0. The third-order valence-corrected chi connectivity index (χ3v) is 6.05. The zero-order chi connectivity index (χ0) is 20.6. The number of anilines is 1. The summed E-state index contributed by atoms with van der Waals surface area (Å²) < 4.78 is 0. The molecule has 2 amide bonds. The van der Waals surface area contributed by atoms with Crippen molar-refractivity contribution in [2.24, 2.45) is 0 Å². The lowest BCUT2D eigenvalue weighted by molar-refractivity contribution is -0.166. The normalized spacial score (nSPS) is 22.3. The average molecular weight is 414 g/mol. The van der Waals surface area contributed by atoms with Gasteiger partial charge >= 0.3 is 0 Å². The molecule has 0 radical (unpaired) electrons. The van der Waals surface area contributed by atoms with E-state index < -0.39 is 5.54 Å². The molecule has 2 aromatic rings. The maximum Gasteiger partial charge on any atom is 0.251 e. The second kappa shape index (κ2) is 7.63. The second-order valence-electron chi connectivity index (χ2n) is 7.90. The first-order valence-corrected chi connectivity index (χ1v) is 10.2. The van der Waals surface area contributed by atoms with Crippen LogP contribution in [-0.2, 0) is 16.1 Å². The van der Waals surface area contributed by atoms with Gasteiger partial charge < -0.3 is 14.7 Å². The first-order chi connectivity index (χ1) is 13.9. The Morgan fingerprint density at radius 2 is 1.93 bits per heavy atom. The van der Waals surface area contributed by atoms with E-state index in [-0.39, 0.29) is 24.4 Å². The molecule has 7 nitrogen and oxygen atoms in total. The van der Waals surface area contributed by atoms with Crippen LogP contribution in [0.4, 0.5) is 5.82 Å². The van der Waals surface area contributed by atoms with Crippen LogP contribution < -0.4 is 4.90 Å². The van der Waals surface area contributed by atoms with Crippen molar-refractivity contribution in [2.45, 2.75) is 38.4 Å². The van der Waals surface area contributed by atoms with Crippen LogP contribution in [-0.4, -0.2) is 62.8 Å². The van der Waals surface area contributed by atoms with E-state index in [4.69, 9.17) is 11.6 Å². The van der Waals surface area contributed by atoms with E-state index in [1.54, 1.807) is 16.0 Å². The van der Waals surface area contributed by atoms with Gasteiger partial charge in [0.25, 0.3) is 5.91 Å². The molecule has 2 aliphatic rings. The Hall–Kier alpha value is -2.67. The summed E-state index contributed by atoms with van der Waals surface area (Å²) in [5.41, 5.74) is 0.0536. The largest absolute Gasteiger partial charge is 0.354 e. The van der Waals surface area contributed by atoms with Gasteiger partial charge in [0.15, 0.2) is 0 Å². The summed E-state index contributed by atoms with van der Waals surface area (Å²) in [6.07, 6.45) is 3.76. The minimum atomic E-state index is -0.899. The molecule has 1 atom stereocenters. The predicted octanol–water partition coefficient (Wildman–Crippen LogP) is 2.36. The first kappa shape index (κ1) is 19.6. The highest BCUT2D eigenvalue weighted by Crippen LogP contribution is 2.37. The zero-order valence-corrected chi connectivity index (χ0v) is 17.3. The van der Waals surface area contributed by atoms with E-state index in [2.05, 4.69) is 14.9 Å². The highest BCUT2D eigenvalue weighted by atomic mass is 35.5. The van der Waals surface area contributed by atoms with Crippen LogP contribution in [0.5, 0.6) is 0 Å². The van der Waals surface area contributed by atoms with Crippen molar-refractivity contribution in [1.29, 1.82) is 0 Å². The van der Waals surface area contributed by atoms with Crippen molar-refractivity contribution in [1.82, 2.24) is 19.8 Å². The fourth-order valence-electron chi connectivity index (χ4n) is 4.21. The monoisotopic (exact) mass is 413 g/mol. The van der Waals surface area contributed by atoms with Crippen molar-refractivity contribution in [3.05, 3.63) is 53.4 Å². The topological polar surface area (TPSA) is 69.6 Å². The average Bonchev–Trinajstić information content (AvgIpc) is 3.16. The molecule has 152 valence electrons. The molecule has 3 heterocycles. The molecule has 1 aromatic carbocycles. The predicted molar refractivity (Wildman–Crippen MR) is 110 cm³/mol. The number of amides is 2. The van der Waals surface area contributed by atoms with Crippen molar-refractivity contribution >= 4 is 29.2 Å². The fourth-order valence-corrected chi connectivity index (χ4v) is 4.33. The molecule has 29 heavy (non-hydrogen) atoms. The maximum atomic E-state index is 13.6. The van der Waals surface area contributed by atoms with Gasteiger partial charge in [-0.05, 0) is 44.0 Å². The number of aromatic nitrogens is 2. The first-order valence-electron chi connectivity index (χ1n) is 9.78. The molecule has 0 bridgehead atoms. The third-order valence-electron chi connectivity index (χ3n) is 5.80. The molecule has 2 saturated heterocycles. The van der Waals surface area contributed by atoms with Crippen molar-refractivity contribution in [2.75, 3.05) is 24.5 Å². The molecule has 1 aromatic heterocycles. The lowest BCUT2D eigenvalue weighted by Crippen LogP contribution is -2.69. The second-order valence-corrected chi connectivity index (χ2v) is 8.34. The Morgan fingerprint density at radius 1 is 1.17 bits per heavy atom. The van der Waals surface area contributed by atoms with Crippen LogP contribution in [0.15, 0.2) is 42.9 Å². The van der Waals surface area contributed by atoms with E-state index in [0.717, 1.165) is 11.4 Å². The summed E-state index contributed by atoms with van der Waals surface area (Å²) >= 11 is 6.01. The molecule has 0 saturated carbocycles. The minimum absolute atomic E-state index is 0.0117. The number of benzene rings is 1. The van der Waals surface area contributed by atoms with Gasteiger partial charge in [-0.3, -0.25) is 9.59 Å². The van der Waals surface area contributed by atoms with Gasteiger partial charge in [0.05, 0.1) is 6.54 Å². The van der Waals surface area contributed by atoms with Crippen LogP contribution >= 0.6 is 11.6 Å². The third kappa shape index (κ3) is 3.55. The summed E-state index contributed by atoms with van der Waals surface area (Å²) in [5, 5.41) is 0.645. The lowest BCUT2D eigenvalue weighted by atomic mass is 9.89. The van der Waals surface area contributed by atoms with Gasteiger partial charge in [0, 0.05) is 30.4 Å². The van der Waals surface area contributed by atoms with Gasteiger partial charge in [-0.15, -0.1) is 0 Å². The molecule has 2 aliphatic heterocycles. The number of rotatable bonds is 4. The molecular formula is C21H24ClN5O2. The lowest BCUT2D eigenvalue weighted by Gasteiger charge is -2.48. The zero-order valence-electron chi connectivity index (χ0n) is 16.6. The van der Waals surface area contributed by atoms with E-state index in [1.807, 2.05) is 44.2 Å². The number of carbonyl (C=O) groups excluding carboxylic acids is 2. The van der Waals surface area contributed by atoms with Gasteiger partial charge in [-0.25, -0.2) is 9.97 Å². The summed E-state index contributed by atoms with van der Waals surface area (Å²) in [5.74, 6) is 0.751. The van der Waals surface area contributed by atoms with E-state index in [9.17, 15) is 9.59 Å². The fraction of sp³-hybridized carbons (Fsp3) is 0.429. The summed E-state index contributed by atoms with van der Waals surface area (Å²) in [6.45, 7) is 5.46. The molecule has 8 heteroatoms. The molecular weight excluding hydrogens is 390 g/mol. The Labute approximate surface area is 175 Å². The molecule has 0 N–H and O–H groups in total. The SMILES string of the molecule is CC(C)N1CC(=O)N(Cc2ccc(Cl)cc2)[C@]2(CCN(c3ccncn3)C2)C1=O. The molecule has 0 aliphatic carbocycles. The summed E-state index contributed by atoms with van der Waals surface area (Å²) in [4.78, 5) is 40.6. The van der Waals surface area contributed by atoms with Gasteiger partial charge in [-0.2, -0.15) is 0 Å². The van der Waals surface area contributed by atoms with E-state index in [0.29, 0.717) is 31.1 Å². The van der Waals surface area contributed by atoms with Gasteiger partial charge in [-0.1, -0.05) is 23.7 Å². The summed E-state index contributed by atoms with van der Waals surface area (Å²) in [6, 6.07) is 9.22. The quantitative estimate of drug-likeness (QED) is 0.769. The van der Waals surface area contributed by atoms with E-state index >= 15 is 0 Å². The van der Waals surface area contributed by atoms with Crippen molar-refractivity contribution in [3.8, 4) is 0 Å².